The highest BCUT2D eigenvalue weighted by molar-refractivity contribution is 5.92. The van der Waals surface area contributed by atoms with Crippen LogP contribution >= 0.6 is 0 Å². The Bertz CT molecular complexity index is 655. The van der Waals surface area contributed by atoms with Crippen LogP contribution in [-0.2, 0) is 18.3 Å². The van der Waals surface area contributed by atoms with Crippen molar-refractivity contribution >= 4 is 5.91 Å². The molecule has 0 aromatic carbocycles. The molecule has 1 atom stereocenters. The number of aromatic nitrogens is 4. The maximum atomic E-state index is 12.6. The minimum absolute atomic E-state index is 0.0848. The predicted molar refractivity (Wildman–Crippen MR) is 79.2 cm³/mol. The van der Waals surface area contributed by atoms with Gasteiger partial charge < -0.3 is 9.64 Å². The molecule has 7 nitrogen and oxygen atoms in total. The first-order chi connectivity index (χ1) is 10.7. The molecule has 0 radical (unpaired) electrons. The Morgan fingerprint density at radius 2 is 2.36 bits per heavy atom. The maximum Gasteiger partial charge on any atom is 0.272 e. The number of carbonyl (C=O) groups excluding carboxylic acids is 1. The van der Waals surface area contributed by atoms with Crippen LogP contribution in [0.25, 0.3) is 0 Å². The van der Waals surface area contributed by atoms with Gasteiger partial charge in [0, 0.05) is 44.4 Å². The summed E-state index contributed by atoms with van der Waals surface area (Å²) in [7, 11) is 1.93. The minimum atomic E-state index is -0.0848. The molecule has 1 aliphatic rings. The van der Waals surface area contributed by atoms with E-state index < -0.39 is 0 Å². The number of fused-ring (bicyclic) bond motifs is 1. The highest BCUT2D eigenvalue weighted by atomic mass is 16.5. The van der Waals surface area contributed by atoms with Crippen LogP contribution in [0.2, 0.25) is 0 Å². The Kier molecular flexibility index (Phi) is 4.15. The van der Waals surface area contributed by atoms with E-state index in [9.17, 15) is 4.79 Å². The molecule has 2 aromatic rings. The molecule has 3 heterocycles. The van der Waals surface area contributed by atoms with Crippen molar-refractivity contribution < 1.29 is 9.53 Å². The van der Waals surface area contributed by atoms with E-state index in [0.717, 1.165) is 11.3 Å². The molecule has 0 saturated heterocycles. The molecular formula is C15H19N5O2. The molecule has 0 saturated carbocycles. The van der Waals surface area contributed by atoms with E-state index in [1.807, 2.05) is 24.9 Å². The number of nitrogens with zero attached hydrogens (tertiary/aromatic N) is 5. The third-order valence-electron chi connectivity index (χ3n) is 3.86. The van der Waals surface area contributed by atoms with Crippen LogP contribution in [-0.4, -0.2) is 50.3 Å². The fourth-order valence-corrected chi connectivity index (χ4v) is 2.89. The Labute approximate surface area is 128 Å². The molecule has 0 N–H and O–H groups in total. The molecule has 3 rings (SSSR count). The van der Waals surface area contributed by atoms with Crippen molar-refractivity contribution in [3.63, 3.8) is 0 Å². The predicted octanol–water partition coefficient (Wildman–Crippen LogP) is 0.986. The highest BCUT2D eigenvalue weighted by Gasteiger charge is 2.31. The smallest absolute Gasteiger partial charge is 0.272 e. The molecule has 1 aliphatic heterocycles. The number of amides is 1. The van der Waals surface area contributed by atoms with E-state index in [1.165, 1.54) is 6.33 Å². The zero-order chi connectivity index (χ0) is 15.5. The average molecular weight is 301 g/mol. The highest BCUT2D eigenvalue weighted by Crippen LogP contribution is 2.28. The average Bonchev–Trinajstić information content (AvgIpc) is 2.94. The largest absolute Gasteiger partial charge is 0.381 e. The second-order valence-corrected chi connectivity index (χ2v) is 5.32. The molecule has 116 valence electrons. The van der Waals surface area contributed by atoms with Gasteiger partial charge in [0.25, 0.3) is 5.91 Å². The summed E-state index contributed by atoms with van der Waals surface area (Å²) >= 11 is 0. The van der Waals surface area contributed by atoms with Crippen LogP contribution in [0.1, 0.15) is 34.6 Å². The van der Waals surface area contributed by atoms with Gasteiger partial charge in [-0.05, 0) is 13.0 Å². The van der Waals surface area contributed by atoms with E-state index >= 15 is 0 Å². The first kappa shape index (κ1) is 14.6. The zero-order valence-electron chi connectivity index (χ0n) is 12.8. The summed E-state index contributed by atoms with van der Waals surface area (Å²) in [6, 6.07) is 1.64. The van der Waals surface area contributed by atoms with Gasteiger partial charge in [-0.1, -0.05) is 0 Å². The molecule has 0 unspecified atom stereocenters. The van der Waals surface area contributed by atoms with Crippen molar-refractivity contribution in [2.45, 2.75) is 19.4 Å². The van der Waals surface area contributed by atoms with E-state index in [2.05, 4.69) is 15.1 Å². The van der Waals surface area contributed by atoms with Crippen molar-refractivity contribution in [2.24, 2.45) is 7.05 Å². The third kappa shape index (κ3) is 2.71. The molecular weight excluding hydrogens is 282 g/mol. The first-order valence-electron chi connectivity index (χ1n) is 7.34. The van der Waals surface area contributed by atoms with Crippen molar-refractivity contribution in [3.8, 4) is 0 Å². The molecule has 0 spiro atoms. The fourth-order valence-electron chi connectivity index (χ4n) is 2.89. The summed E-state index contributed by atoms with van der Waals surface area (Å²) in [5.74, 6) is 0.0420. The lowest BCUT2D eigenvalue weighted by molar-refractivity contribution is 0.0642. The SMILES string of the molecule is CCOC[C@H]1CN(C(=O)c2ccncn2)Cc2cnn(C)c21. The molecule has 22 heavy (non-hydrogen) atoms. The van der Waals surface area contributed by atoms with Crippen LogP contribution in [0, 0.1) is 0 Å². The molecule has 0 bridgehead atoms. The quantitative estimate of drug-likeness (QED) is 0.842. The fraction of sp³-hybridized carbons (Fsp3) is 0.467. The van der Waals surface area contributed by atoms with Gasteiger partial charge >= 0.3 is 0 Å². The van der Waals surface area contributed by atoms with Crippen molar-refractivity contribution in [1.82, 2.24) is 24.6 Å². The van der Waals surface area contributed by atoms with Crippen LogP contribution in [0.15, 0.2) is 24.8 Å². The van der Waals surface area contributed by atoms with Crippen LogP contribution < -0.4 is 0 Å². The number of hydrogen-bond acceptors (Lipinski definition) is 5. The first-order valence-corrected chi connectivity index (χ1v) is 7.34. The summed E-state index contributed by atoms with van der Waals surface area (Å²) in [6.45, 7) is 4.36. The Balaban J connectivity index is 1.85. The van der Waals surface area contributed by atoms with Crippen molar-refractivity contribution in [3.05, 3.63) is 41.7 Å². The normalized spacial score (nSPS) is 17.4. The van der Waals surface area contributed by atoms with E-state index in [1.54, 1.807) is 17.2 Å². The second-order valence-electron chi connectivity index (χ2n) is 5.32. The molecule has 2 aromatic heterocycles. The van der Waals surface area contributed by atoms with Gasteiger partial charge in [0.15, 0.2) is 0 Å². The monoisotopic (exact) mass is 301 g/mol. The second kappa shape index (κ2) is 6.23. The molecule has 0 aliphatic carbocycles. The van der Waals surface area contributed by atoms with Gasteiger partial charge in [-0.25, -0.2) is 9.97 Å². The molecule has 7 heteroatoms. The van der Waals surface area contributed by atoms with E-state index in [0.29, 0.717) is 32.0 Å². The standard InChI is InChI=1S/C15H19N5O2/c1-3-22-9-12-8-20(7-11-6-18-19(2)14(11)12)15(21)13-4-5-16-10-17-13/h4-6,10,12H,3,7-9H2,1-2H3/t12-/m1/s1. The van der Waals surface area contributed by atoms with Gasteiger partial charge in [-0.3, -0.25) is 9.48 Å². The summed E-state index contributed by atoms with van der Waals surface area (Å²) in [6.07, 6.45) is 4.80. The topological polar surface area (TPSA) is 73.1 Å². The molecule has 1 amide bonds. The maximum absolute atomic E-state index is 12.6. The lowest BCUT2D eigenvalue weighted by Crippen LogP contribution is -2.40. The Hall–Kier alpha value is -2.28. The number of hydrogen-bond donors (Lipinski definition) is 0. The van der Waals surface area contributed by atoms with Crippen LogP contribution in [0.5, 0.6) is 0 Å². The summed E-state index contributed by atoms with van der Waals surface area (Å²) in [4.78, 5) is 22.3. The van der Waals surface area contributed by atoms with Crippen molar-refractivity contribution in [1.29, 1.82) is 0 Å². The number of carbonyl (C=O) groups is 1. The number of ether oxygens (including phenoxy) is 1. The van der Waals surface area contributed by atoms with Crippen LogP contribution in [0.4, 0.5) is 0 Å². The van der Waals surface area contributed by atoms with Gasteiger partial charge in [-0.15, -0.1) is 0 Å². The summed E-state index contributed by atoms with van der Waals surface area (Å²) in [5.41, 5.74) is 2.64. The zero-order valence-corrected chi connectivity index (χ0v) is 12.8. The van der Waals surface area contributed by atoms with Gasteiger partial charge in [0.05, 0.1) is 18.5 Å². The van der Waals surface area contributed by atoms with Gasteiger partial charge in [0.2, 0.25) is 0 Å². The van der Waals surface area contributed by atoms with Crippen LogP contribution in [0.3, 0.4) is 0 Å². The van der Waals surface area contributed by atoms with Gasteiger partial charge in [-0.2, -0.15) is 5.10 Å². The van der Waals surface area contributed by atoms with E-state index in [-0.39, 0.29) is 11.8 Å². The number of aryl methyl sites for hydroxylation is 1. The third-order valence-corrected chi connectivity index (χ3v) is 3.86. The van der Waals surface area contributed by atoms with Crippen molar-refractivity contribution in [2.75, 3.05) is 19.8 Å². The van der Waals surface area contributed by atoms with E-state index in [4.69, 9.17) is 4.74 Å². The lowest BCUT2D eigenvalue weighted by atomic mass is 9.96. The Morgan fingerprint density at radius 3 is 3.09 bits per heavy atom. The summed E-state index contributed by atoms with van der Waals surface area (Å²) in [5, 5.41) is 4.32. The number of rotatable bonds is 4. The lowest BCUT2D eigenvalue weighted by Gasteiger charge is -2.32. The summed E-state index contributed by atoms with van der Waals surface area (Å²) < 4.78 is 7.46. The van der Waals surface area contributed by atoms with Gasteiger partial charge in [0.1, 0.15) is 12.0 Å². The molecule has 0 fully saturated rings. The Morgan fingerprint density at radius 1 is 1.50 bits per heavy atom. The minimum Gasteiger partial charge on any atom is -0.381 e.